The van der Waals surface area contributed by atoms with Crippen LogP contribution in [-0.2, 0) is 6.54 Å². The highest BCUT2D eigenvalue weighted by Crippen LogP contribution is 2.28. The molecule has 0 aromatic carbocycles. The standard InChI is InChI=1S/C13H22N4S/c1-2-14-13-15-9-12(18-13)10-16-5-7-17(8-6-16)11-3-4-11/h9,11H,2-8,10H2,1H3,(H,14,15). The lowest BCUT2D eigenvalue weighted by Crippen LogP contribution is -2.46. The molecule has 2 aliphatic rings. The molecule has 18 heavy (non-hydrogen) atoms. The van der Waals surface area contributed by atoms with Crippen LogP contribution in [0.1, 0.15) is 24.6 Å². The number of piperazine rings is 1. The van der Waals surface area contributed by atoms with Crippen molar-refractivity contribution < 1.29 is 0 Å². The van der Waals surface area contributed by atoms with Gasteiger partial charge in [0.15, 0.2) is 5.13 Å². The lowest BCUT2D eigenvalue weighted by Gasteiger charge is -2.34. The van der Waals surface area contributed by atoms with E-state index in [0.29, 0.717) is 0 Å². The van der Waals surface area contributed by atoms with Crippen LogP contribution in [0.5, 0.6) is 0 Å². The second-order valence-electron chi connectivity index (χ2n) is 5.21. The summed E-state index contributed by atoms with van der Waals surface area (Å²) in [5, 5.41) is 4.34. The number of nitrogens with one attached hydrogen (secondary N) is 1. The number of aromatic nitrogens is 1. The van der Waals surface area contributed by atoms with Crippen LogP contribution >= 0.6 is 11.3 Å². The molecule has 1 N–H and O–H groups in total. The van der Waals surface area contributed by atoms with Crippen molar-refractivity contribution in [1.29, 1.82) is 0 Å². The summed E-state index contributed by atoms with van der Waals surface area (Å²) < 4.78 is 0. The van der Waals surface area contributed by atoms with Gasteiger partial charge in [-0.15, -0.1) is 11.3 Å². The fourth-order valence-corrected chi connectivity index (χ4v) is 3.48. The van der Waals surface area contributed by atoms with E-state index in [2.05, 4.69) is 27.0 Å². The smallest absolute Gasteiger partial charge is 0.182 e. The Labute approximate surface area is 113 Å². The maximum Gasteiger partial charge on any atom is 0.182 e. The first kappa shape index (κ1) is 12.4. The van der Waals surface area contributed by atoms with Crippen molar-refractivity contribution in [3.8, 4) is 0 Å². The lowest BCUT2D eigenvalue weighted by molar-refractivity contribution is 0.122. The predicted octanol–water partition coefficient (Wildman–Crippen LogP) is 1.85. The number of rotatable bonds is 5. The van der Waals surface area contributed by atoms with Crippen LogP contribution in [0.3, 0.4) is 0 Å². The van der Waals surface area contributed by atoms with E-state index in [-0.39, 0.29) is 0 Å². The summed E-state index contributed by atoms with van der Waals surface area (Å²) in [6.07, 6.45) is 4.89. The Morgan fingerprint density at radius 2 is 2.11 bits per heavy atom. The molecule has 1 aromatic rings. The van der Waals surface area contributed by atoms with Gasteiger partial charge in [-0.1, -0.05) is 0 Å². The number of thiazole rings is 1. The highest BCUT2D eigenvalue weighted by Gasteiger charge is 2.31. The van der Waals surface area contributed by atoms with Crippen molar-refractivity contribution in [2.75, 3.05) is 38.0 Å². The van der Waals surface area contributed by atoms with Crippen molar-refractivity contribution in [3.63, 3.8) is 0 Å². The fraction of sp³-hybridized carbons (Fsp3) is 0.769. The molecule has 1 aliphatic heterocycles. The molecule has 0 amide bonds. The summed E-state index contributed by atoms with van der Waals surface area (Å²) in [7, 11) is 0. The SMILES string of the molecule is CCNc1ncc(CN2CCN(C3CC3)CC2)s1. The van der Waals surface area contributed by atoms with E-state index in [9.17, 15) is 0 Å². The molecule has 0 unspecified atom stereocenters. The summed E-state index contributed by atoms with van der Waals surface area (Å²) in [6, 6.07) is 0.927. The molecule has 3 rings (SSSR count). The largest absolute Gasteiger partial charge is 0.362 e. The number of hydrogen-bond donors (Lipinski definition) is 1. The Morgan fingerprint density at radius 1 is 1.33 bits per heavy atom. The third-order valence-electron chi connectivity index (χ3n) is 3.73. The molecule has 2 heterocycles. The van der Waals surface area contributed by atoms with Gasteiger partial charge in [0, 0.05) is 56.4 Å². The monoisotopic (exact) mass is 266 g/mol. The van der Waals surface area contributed by atoms with Gasteiger partial charge < -0.3 is 5.32 Å². The van der Waals surface area contributed by atoms with Crippen molar-refractivity contribution in [3.05, 3.63) is 11.1 Å². The minimum atomic E-state index is 0.927. The Hall–Kier alpha value is -0.650. The van der Waals surface area contributed by atoms with Gasteiger partial charge in [-0.05, 0) is 19.8 Å². The zero-order valence-corrected chi connectivity index (χ0v) is 11.9. The van der Waals surface area contributed by atoms with Gasteiger partial charge in [-0.2, -0.15) is 0 Å². The van der Waals surface area contributed by atoms with Gasteiger partial charge in [0.2, 0.25) is 0 Å². The Morgan fingerprint density at radius 3 is 2.78 bits per heavy atom. The molecule has 0 radical (unpaired) electrons. The van der Waals surface area contributed by atoms with Gasteiger partial charge in [0.05, 0.1) is 0 Å². The molecule has 1 aliphatic carbocycles. The van der Waals surface area contributed by atoms with Gasteiger partial charge in [0.25, 0.3) is 0 Å². The van der Waals surface area contributed by atoms with Crippen LogP contribution < -0.4 is 5.32 Å². The van der Waals surface area contributed by atoms with Crippen LogP contribution in [-0.4, -0.2) is 53.5 Å². The average Bonchev–Trinajstić information content (AvgIpc) is 3.14. The number of hydrogen-bond acceptors (Lipinski definition) is 5. The molecular formula is C13H22N4S. The third-order valence-corrected chi connectivity index (χ3v) is 4.67. The van der Waals surface area contributed by atoms with Crippen LogP contribution in [0.2, 0.25) is 0 Å². The molecule has 5 heteroatoms. The quantitative estimate of drug-likeness (QED) is 0.881. The lowest BCUT2D eigenvalue weighted by atomic mass is 10.3. The third kappa shape index (κ3) is 3.02. The maximum absolute atomic E-state index is 4.39. The number of nitrogens with zero attached hydrogens (tertiary/aromatic N) is 3. The summed E-state index contributed by atoms with van der Waals surface area (Å²) >= 11 is 1.79. The van der Waals surface area contributed by atoms with E-state index in [1.807, 2.05) is 6.20 Å². The second-order valence-corrected chi connectivity index (χ2v) is 6.32. The molecule has 0 spiro atoms. The molecule has 100 valence electrons. The van der Waals surface area contributed by atoms with Crippen LogP contribution in [0.4, 0.5) is 5.13 Å². The van der Waals surface area contributed by atoms with Gasteiger partial charge in [-0.25, -0.2) is 4.98 Å². The first-order chi connectivity index (χ1) is 8.85. The molecule has 0 atom stereocenters. The fourth-order valence-electron chi connectivity index (χ4n) is 2.56. The molecule has 4 nitrogen and oxygen atoms in total. The molecule has 0 bridgehead atoms. The van der Waals surface area contributed by atoms with E-state index in [0.717, 1.165) is 24.3 Å². The molecule has 1 saturated carbocycles. The first-order valence-electron chi connectivity index (χ1n) is 7.00. The maximum atomic E-state index is 4.39. The number of anilines is 1. The molecule has 2 fully saturated rings. The van der Waals surface area contributed by atoms with E-state index >= 15 is 0 Å². The van der Waals surface area contributed by atoms with Crippen molar-refractivity contribution >= 4 is 16.5 Å². The zero-order chi connectivity index (χ0) is 12.4. The van der Waals surface area contributed by atoms with Crippen molar-refractivity contribution in [1.82, 2.24) is 14.8 Å². The highest BCUT2D eigenvalue weighted by molar-refractivity contribution is 7.15. The van der Waals surface area contributed by atoms with E-state index in [4.69, 9.17) is 0 Å². The minimum absolute atomic E-state index is 0.927. The van der Waals surface area contributed by atoms with Crippen LogP contribution in [0.25, 0.3) is 0 Å². The van der Waals surface area contributed by atoms with Crippen LogP contribution in [0, 0.1) is 0 Å². The Kier molecular flexibility index (Phi) is 3.82. The van der Waals surface area contributed by atoms with E-state index < -0.39 is 0 Å². The minimum Gasteiger partial charge on any atom is -0.362 e. The van der Waals surface area contributed by atoms with Gasteiger partial charge in [0.1, 0.15) is 0 Å². The van der Waals surface area contributed by atoms with Crippen molar-refractivity contribution in [2.45, 2.75) is 32.4 Å². The van der Waals surface area contributed by atoms with Gasteiger partial charge >= 0.3 is 0 Å². The normalized spacial score (nSPS) is 22.3. The topological polar surface area (TPSA) is 31.4 Å². The van der Waals surface area contributed by atoms with Crippen LogP contribution in [0.15, 0.2) is 6.20 Å². The molecule has 1 aromatic heterocycles. The predicted molar refractivity (Wildman–Crippen MR) is 76.1 cm³/mol. The molecule has 1 saturated heterocycles. The highest BCUT2D eigenvalue weighted by atomic mass is 32.1. The van der Waals surface area contributed by atoms with Crippen molar-refractivity contribution in [2.24, 2.45) is 0 Å². The summed E-state index contributed by atoms with van der Waals surface area (Å²) in [6.45, 7) is 9.07. The van der Waals surface area contributed by atoms with Gasteiger partial charge in [-0.3, -0.25) is 9.80 Å². The average molecular weight is 266 g/mol. The Balaban J connectivity index is 1.47. The Bertz CT molecular complexity index is 380. The van der Waals surface area contributed by atoms with E-state index in [1.165, 1.54) is 43.9 Å². The summed E-state index contributed by atoms with van der Waals surface area (Å²) in [5.41, 5.74) is 0. The summed E-state index contributed by atoms with van der Waals surface area (Å²) in [5.74, 6) is 0. The van der Waals surface area contributed by atoms with E-state index in [1.54, 1.807) is 11.3 Å². The molecular weight excluding hydrogens is 244 g/mol. The first-order valence-corrected chi connectivity index (χ1v) is 7.82. The summed E-state index contributed by atoms with van der Waals surface area (Å²) in [4.78, 5) is 11.0. The zero-order valence-electron chi connectivity index (χ0n) is 11.1. The second kappa shape index (κ2) is 5.55.